The molecule has 1 saturated carbocycles. The van der Waals surface area contributed by atoms with E-state index < -0.39 is 5.82 Å². The lowest BCUT2D eigenvalue weighted by atomic mass is 10.2. The molecule has 5 nitrogen and oxygen atoms in total. The zero-order valence-corrected chi connectivity index (χ0v) is 18.0. The predicted octanol–water partition coefficient (Wildman–Crippen LogP) is 6.26. The van der Waals surface area contributed by atoms with Crippen LogP contribution in [0.25, 0.3) is 10.9 Å². The van der Waals surface area contributed by atoms with Crippen molar-refractivity contribution in [1.29, 1.82) is 0 Å². The van der Waals surface area contributed by atoms with E-state index in [4.69, 9.17) is 21.1 Å². The summed E-state index contributed by atoms with van der Waals surface area (Å²) in [4.78, 5) is 8.73. The Labute approximate surface area is 181 Å². The standard InChI is InChI=1S/C21H20BrClFN3O2/c22-7-8-28-19-10-15-18(11-20(19)29-14-3-1-2-4-14)25-12-26-21(15)27-13-5-6-17(24)16(23)9-13/h5-6,9-12,14H,1-4,7-8H2,(H,25,26,27). The average molecular weight is 481 g/mol. The van der Waals surface area contributed by atoms with Gasteiger partial charge in [0.05, 0.1) is 23.3 Å². The van der Waals surface area contributed by atoms with Crippen LogP contribution in [0, 0.1) is 5.82 Å². The van der Waals surface area contributed by atoms with Gasteiger partial charge in [-0.15, -0.1) is 0 Å². The van der Waals surface area contributed by atoms with E-state index in [1.165, 1.54) is 31.3 Å². The fourth-order valence-corrected chi connectivity index (χ4v) is 3.76. The van der Waals surface area contributed by atoms with Gasteiger partial charge in [-0.2, -0.15) is 0 Å². The maximum Gasteiger partial charge on any atom is 0.163 e. The van der Waals surface area contributed by atoms with E-state index >= 15 is 0 Å². The molecule has 0 saturated heterocycles. The molecule has 0 bridgehead atoms. The second-order valence-electron chi connectivity index (χ2n) is 6.85. The smallest absolute Gasteiger partial charge is 0.163 e. The number of hydrogen-bond donors (Lipinski definition) is 1. The minimum absolute atomic E-state index is 0.0435. The number of benzene rings is 2. The third-order valence-corrected chi connectivity index (χ3v) is 5.43. The summed E-state index contributed by atoms with van der Waals surface area (Å²) >= 11 is 9.29. The summed E-state index contributed by atoms with van der Waals surface area (Å²) in [6.07, 6.45) is 6.17. The van der Waals surface area contributed by atoms with Crippen LogP contribution in [0.2, 0.25) is 5.02 Å². The van der Waals surface area contributed by atoms with Gasteiger partial charge in [0.15, 0.2) is 11.5 Å². The highest BCUT2D eigenvalue weighted by Gasteiger charge is 2.20. The molecule has 0 aliphatic heterocycles. The van der Waals surface area contributed by atoms with Crippen LogP contribution in [-0.2, 0) is 0 Å². The SMILES string of the molecule is Fc1ccc(Nc2ncnc3cc(OC4CCCC4)c(OCCBr)cc23)cc1Cl. The largest absolute Gasteiger partial charge is 0.489 e. The van der Waals surface area contributed by atoms with Crippen LogP contribution >= 0.6 is 27.5 Å². The van der Waals surface area contributed by atoms with E-state index in [1.54, 1.807) is 6.07 Å². The molecule has 1 heterocycles. The van der Waals surface area contributed by atoms with Crippen LogP contribution in [0.4, 0.5) is 15.9 Å². The number of alkyl halides is 1. The molecule has 1 aromatic heterocycles. The number of anilines is 2. The summed E-state index contributed by atoms with van der Waals surface area (Å²) in [6, 6.07) is 8.21. The number of ether oxygens (including phenoxy) is 2. The van der Waals surface area contributed by atoms with Crippen molar-refractivity contribution < 1.29 is 13.9 Å². The van der Waals surface area contributed by atoms with Crippen molar-refractivity contribution in [3.05, 3.63) is 47.5 Å². The van der Waals surface area contributed by atoms with E-state index in [-0.39, 0.29) is 11.1 Å². The van der Waals surface area contributed by atoms with Gasteiger partial charge >= 0.3 is 0 Å². The molecule has 2 aromatic carbocycles. The summed E-state index contributed by atoms with van der Waals surface area (Å²) in [5.74, 6) is 1.45. The van der Waals surface area contributed by atoms with Crippen LogP contribution in [0.15, 0.2) is 36.7 Å². The molecule has 0 unspecified atom stereocenters. The molecule has 0 amide bonds. The van der Waals surface area contributed by atoms with Gasteiger partial charge in [0.1, 0.15) is 18.0 Å². The van der Waals surface area contributed by atoms with Gasteiger partial charge in [-0.25, -0.2) is 14.4 Å². The van der Waals surface area contributed by atoms with E-state index in [9.17, 15) is 4.39 Å². The monoisotopic (exact) mass is 479 g/mol. The number of nitrogens with zero attached hydrogens (tertiary/aromatic N) is 2. The van der Waals surface area contributed by atoms with Crippen LogP contribution in [0.3, 0.4) is 0 Å². The summed E-state index contributed by atoms with van der Waals surface area (Å²) in [5.41, 5.74) is 1.36. The van der Waals surface area contributed by atoms with Crippen molar-refractivity contribution in [3.63, 3.8) is 0 Å². The molecule has 0 atom stereocenters. The Kier molecular flexibility index (Phi) is 6.35. The molecular formula is C21H20BrClFN3O2. The summed E-state index contributed by atoms with van der Waals surface area (Å²) in [7, 11) is 0. The zero-order valence-electron chi connectivity index (χ0n) is 15.6. The lowest BCUT2D eigenvalue weighted by Gasteiger charge is -2.18. The molecule has 1 N–H and O–H groups in total. The van der Waals surface area contributed by atoms with Crippen LogP contribution in [-0.4, -0.2) is 28.0 Å². The third-order valence-electron chi connectivity index (χ3n) is 4.81. The second-order valence-corrected chi connectivity index (χ2v) is 8.05. The Morgan fingerprint density at radius 3 is 2.72 bits per heavy atom. The van der Waals surface area contributed by atoms with Gasteiger partial charge in [0.2, 0.25) is 0 Å². The molecule has 0 radical (unpaired) electrons. The van der Waals surface area contributed by atoms with Gasteiger partial charge < -0.3 is 14.8 Å². The number of nitrogens with one attached hydrogen (secondary N) is 1. The molecule has 8 heteroatoms. The molecule has 4 rings (SSSR count). The highest BCUT2D eigenvalue weighted by Crippen LogP contribution is 2.37. The Morgan fingerprint density at radius 1 is 1.14 bits per heavy atom. The molecule has 1 fully saturated rings. The summed E-state index contributed by atoms with van der Waals surface area (Å²) in [6.45, 7) is 0.510. The summed E-state index contributed by atoms with van der Waals surface area (Å²) in [5, 5.41) is 4.71. The maximum atomic E-state index is 13.5. The Balaban J connectivity index is 1.70. The van der Waals surface area contributed by atoms with Gasteiger partial charge in [-0.05, 0) is 49.9 Å². The Hall–Kier alpha value is -2.12. The van der Waals surface area contributed by atoms with Crippen LogP contribution < -0.4 is 14.8 Å². The summed E-state index contributed by atoms with van der Waals surface area (Å²) < 4.78 is 25.6. The topological polar surface area (TPSA) is 56.3 Å². The zero-order chi connectivity index (χ0) is 20.2. The quantitative estimate of drug-likeness (QED) is 0.404. The first-order valence-electron chi connectivity index (χ1n) is 9.50. The number of aromatic nitrogens is 2. The molecule has 152 valence electrons. The van der Waals surface area contributed by atoms with Gasteiger partial charge in [0.25, 0.3) is 0 Å². The average Bonchev–Trinajstić information content (AvgIpc) is 3.22. The van der Waals surface area contributed by atoms with Crippen molar-refractivity contribution >= 4 is 49.9 Å². The van der Waals surface area contributed by atoms with E-state index in [0.29, 0.717) is 34.9 Å². The highest BCUT2D eigenvalue weighted by molar-refractivity contribution is 9.09. The number of halogens is 3. The van der Waals surface area contributed by atoms with Gasteiger partial charge in [-0.3, -0.25) is 0 Å². The van der Waals surface area contributed by atoms with E-state index in [2.05, 4.69) is 31.2 Å². The fraction of sp³-hybridized carbons (Fsp3) is 0.333. The number of fused-ring (bicyclic) bond motifs is 1. The van der Waals surface area contributed by atoms with Gasteiger partial charge in [0, 0.05) is 22.5 Å². The lowest BCUT2D eigenvalue weighted by Crippen LogP contribution is -2.12. The second kappa shape index (κ2) is 9.13. The van der Waals surface area contributed by atoms with Crippen molar-refractivity contribution in [2.45, 2.75) is 31.8 Å². The minimum atomic E-state index is -0.469. The first-order chi connectivity index (χ1) is 14.1. The normalized spacial score (nSPS) is 14.3. The van der Waals surface area contributed by atoms with Crippen molar-refractivity contribution in [1.82, 2.24) is 9.97 Å². The first kappa shape index (κ1) is 20.2. The molecule has 1 aliphatic rings. The first-order valence-corrected chi connectivity index (χ1v) is 11.0. The molecular weight excluding hydrogens is 461 g/mol. The molecule has 29 heavy (non-hydrogen) atoms. The molecule has 1 aliphatic carbocycles. The van der Waals surface area contributed by atoms with Crippen molar-refractivity contribution in [2.75, 3.05) is 17.3 Å². The maximum absolute atomic E-state index is 13.5. The lowest BCUT2D eigenvalue weighted by molar-refractivity contribution is 0.197. The third kappa shape index (κ3) is 4.73. The molecule has 3 aromatic rings. The Morgan fingerprint density at radius 2 is 1.97 bits per heavy atom. The van der Waals surface area contributed by atoms with Crippen molar-refractivity contribution in [2.24, 2.45) is 0 Å². The van der Waals surface area contributed by atoms with E-state index in [0.717, 1.165) is 23.7 Å². The fourth-order valence-electron chi connectivity index (χ4n) is 3.41. The van der Waals surface area contributed by atoms with Crippen molar-refractivity contribution in [3.8, 4) is 11.5 Å². The number of hydrogen-bond acceptors (Lipinski definition) is 5. The van der Waals surface area contributed by atoms with E-state index in [1.807, 2.05) is 12.1 Å². The Bertz CT molecular complexity index is 1010. The van der Waals surface area contributed by atoms with Gasteiger partial charge in [-0.1, -0.05) is 27.5 Å². The van der Waals surface area contributed by atoms with Crippen LogP contribution in [0.1, 0.15) is 25.7 Å². The highest BCUT2D eigenvalue weighted by atomic mass is 79.9. The minimum Gasteiger partial charge on any atom is -0.489 e. The predicted molar refractivity (Wildman–Crippen MR) is 116 cm³/mol. The van der Waals surface area contributed by atoms with Crippen LogP contribution in [0.5, 0.6) is 11.5 Å². The number of rotatable bonds is 7. The molecule has 0 spiro atoms.